The van der Waals surface area contributed by atoms with Crippen molar-refractivity contribution in [2.24, 2.45) is 5.16 Å². The molecule has 0 saturated carbocycles. The van der Waals surface area contributed by atoms with Crippen molar-refractivity contribution in [3.05, 3.63) is 65.7 Å². The molecule has 2 aliphatic rings. The van der Waals surface area contributed by atoms with E-state index in [1.54, 1.807) is 7.11 Å². The summed E-state index contributed by atoms with van der Waals surface area (Å²) >= 11 is 0. The number of furan rings is 1. The zero-order chi connectivity index (χ0) is 22.6. The van der Waals surface area contributed by atoms with Gasteiger partial charge in [0.2, 0.25) is 0 Å². The lowest BCUT2D eigenvalue weighted by Gasteiger charge is -2.34. The molecule has 1 fully saturated rings. The molecule has 2 aromatic heterocycles. The lowest BCUT2D eigenvalue weighted by atomic mass is 9.99. The number of aryl methyl sites for hydroxylation is 1. The van der Waals surface area contributed by atoms with Crippen molar-refractivity contribution in [1.29, 1.82) is 0 Å². The zero-order valence-corrected chi connectivity index (χ0v) is 19.0. The molecule has 1 aromatic carbocycles. The number of fused-ring (bicyclic) bond motifs is 1. The maximum atomic E-state index is 9.26. The first-order chi connectivity index (χ1) is 16.2. The quantitative estimate of drug-likeness (QED) is 0.438. The molecule has 0 bridgehead atoms. The maximum Gasteiger partial charge on any atom is 0.142 e. The summed E-state index contributed by atoms with van der Waals surface area (Å²) in [6.45, 7) is 6.70. The molecule has 3 aromatic rings. The zero-order valence-electron chi connectivity index (χ0n) is 19.0. The molecule has 0 spiro atoms. The van der Waals surface area contributed by atoms with E-state index in [0.717, 1.165) is 98.2 Å². The summed E-state index contributed by atoms with van der Waals surface area (Å²) in [4.78, 5) is 9.08. The van der Waals surface area contributed by atoms with E-state index in [1.165, 1.54) is 5.56 Å². The standard InChI is InChI=1S/C26H30N4O3/c1-32-15-14-29-10-12-30(13-11-29)18-22-17-24(19-6-8-27-9-7-19)26(33-22)21-2-4-23-20(16-21)3-5-25(23)28-31/h2,4,6-9,16-17,31H,3,5,10-15,18H2,1H3. The summed E-state index contributed by atoms with van der Waals surface area (Å²) in [5.74, 6) is 1.85. The summed E-state index contributed by atoms with van der Waals surface area (Å²) in [7, 11) is 1.76. The number of ether oxygens (including phenoxy) is 1. The second-order valence-corrected chi connectivity index (χ2v) is 8.72. The van der Waals surface area contributed by atoms with E-state index < -0.39 is 0 Å². The fourth-order valence-electron chi connectivity index (χ4n) is 4.81. The van der Waals surface area contributed by atoms with Crippen molar-refractivity contribution in [2.75, 3.05) is 46.4 Å². The Morgan fingerprint density at radius 3 is 2.52 bits per heavy atom. The van der Waals surface area contributed by atoms with Gasteiger partial charge in [0.25, 0.3) is 0 Å². The second-order valence-electron chi connectivity index (χ2n) is 8.72. The predicted octanol–water partition coefficient (Wildman–Crippen LogP) is 3.90. The van der Waals surface area contributed by atoms with Gasteiger partial charge in [0.1, 0.15) is 11.5 Å². The molecule has 33 heavy (non-hydrogen) atoms. The first kappa shape index (κ1) is 21.8. The average Bonchev–Trinajstić information content (AvgIpc) is 3.47. The molecule has 3 heterocycles. The van der Waals surface area contributed by atoms with E-state index >= 15 is 0 Å². The van der Waals surface area contributed by atoms with E-state index in [-0.39, 0.29) is 0 Å². The number of hydrogen-bond acceptors (Lipinski definition) is 7. The van der Waals surface area contributed by atoms with Gasteiger partial charge in [-0.15, -0.1) is 0 Å². The Morgan fingerprint density at radius 2 is 1.76 bits per heavy atom. The molecular formula is C26H30N4O3. The molecule has 5 rings (SSSR count). The van der Waals surface area contributed by atoms with Gasteiger partial charge in [-0.1, -0.05) is 17.3 Å². The van der Waals surface area contributed by atoms with Crippen LogP contribution in [0.3, 0.4) is 0 Å². The SMILES string of the molecule is COCCN1CCN(Cc2cc(-c3ccncc3)c(-c3ccc4c(c3)CCC4=NO)o2)CC1. The normalized spacial score (nSPS) is 18.2. The lowest BCUT2D eigenvalue weighted by Crippen LogP contribution is -2.46. The fraction of sp³-hybridized carbons (Fsp3) is 0.385. The summed E-state index contributed by atoms with van der Waals surface area (Å²) < 4.78 is 11.7. The first-order valence-electron chi connectivity index (χ1n) is 11.6. The van der Waals surface area contributed by atoms with Gasteiger partial charge in [-0.3, -0.25) is 14.8 Å². The first-order valence-corrected chi connectivity index (χ1v) is 11.6. The van der Waals surface area contributed by atoms with Crippen LogP contribution in [0.15, 0.2) is 58.4 Å². The Hall–Kier alpha value is -3.00. The molecule has 7 nitrogen and oxygen atoms in total. The minimum absolute atomic E-state index is 0.760. The number of aromatic nitrogens is 1. The molecule has 172 valence electrons. The highest BCUT2D eigenvalue weighted by Crippen LogP contribution is 2.37. The van der Waals surface area contributed by atoms with Crippen LogP contribution in [0.25, 0.3) is 22.5 Å². The summed E-state index contributed by atoms with van der Waals surface area (Å²) in [6.07, 6.45) is 5.29. The van der Waals surface area contributed by atoms with E-state index in [2.05, 4.69) is 38.1 Å². The minimum Gasteiger partial charge on any atom is -0.459 e. The number of nitrogens with zero attached hydrogens (tertiary/aromatic N) is 4. The van der Waals surface area contributed by atoms with Gasteiger partial charge in [0.15, 0.2) is 0 Å². The molecule has 0 radical (unpaired) electrons. The molecule has 1 saturated heterocycles. The minimum atomic E-state index is 0.760. The Balaban J connectivity index is 1.40. The van der Waals surface area contributed by atoms with Crippen LogP contribution >= 0.6 is 0 Å². The number of rotatable bonds is 7. The molecule has 1 N–H and O–H groups in total. The molecule has 0 atom stereocenters. The van der Waals surface area contributed by atoms with E-state index in [0.29, 0.717) is 0 Å². The largest absolute Gasteiger partial charge is 0.459 e. The van der Waals surface area contributed by atoms with Gasteiger partial charge in [0, 0.05) is 68.9 Å². The van der Waals surface area contributed by atoms with Crippen LogP contribution in [0.4, 0.5) is 0 Å². The summed E-state index contributed by atoms with van der Waals surface area (Å²) in [5, 5.41) is 12.7. The van der Waals surface area contributed by atoms with Gasteiger partial charge in [-0.2, -0.15) is 0 Å². The highest BCUT2D eigenvalue weighted by molar-refractivity contribution is 6.04. The number of methoxy groups -OCH3 is 1. The molecule has 1 aliphatic heterocycles. The lowest BCUT2D eigenvalue weighted by molar-refractivity contribution is 0.0906. The van der Waals surface area contributed by atoms with Crippen LogP contribution in [0.2, 0.25) is 0 Å². The monoisotopic (exact) mass is 446 g/mol. The van der Waals surface area contributed by atoms with Crippen LogP contribution < -0.4 is 0 Å². The number of pyridine rings is 1. The molecule has 0 amide bonds. The van der Waals surface area contributed by atoms with Crippen molar-refractivity contribution in [3.8, 4) is 22.5 Å². The fourth-order valence-corrected chi connectivity index (χ4v) is 4.81. The smallest absolute Gasteiger partial charge is 0.142 e. The average molecular weight is 447 g/mol. The Kier molecular flexibility index (Phi) is 6.53. The predicted molar refractivity (Wildman–Crippen MR) is 128 cm³/mol. The van der Waals surface area contributed by atoms with Crippen molar-refractivity contribution in [1.82, 2.24) is 14.8 Å². The van der Waals surface area contributed by atoms with Gasteiger partial charge in [0.05, 0.1) is 18.9 Å². The van der Waals surface area contributed by atoms with Crippen molar-refractivity contribution in [3.63, 3.8) is 0 Å². The number of hydrogen-bond donors (Lipinski definition) is 1. The van der Waals surface area contributed by atoms with Crippen molar-refractivity contribution in [2.45, 2.75) is 19.4 Å². The third-order valence-electron chi connectivity index (χ3n) is 6.66. The Morgan fingerprint density at radius 1 is 0.970 bits per heavy atom. The van der Waals surface area contributed by atoms with E-state index in [9.17, 15) is 5.21 Å². The van der Waals surface area contributed by atoms with E-state index in [1.807, 2.05) is 30.6 Å². The third-order valence-corrected chi connectivity index (χ3v) is 6.66. The van der Waals surface area contributed by atoms with Crippen LogP contribution in [0.1, 0.15) is 23.3 Å². The number of piperazine rings is 1. The maximum absolute atomic E-state index is 9.26. The topological polar surface area (TPSA) is 74.3 Å². The third kappa shape index (κ3) is 4.71. The highest BCUT2D eigenvalue weighted by atomic mass is 16.5. The van der Waals surface area contributed by atoms with Crippen LogP contribution in [0.5, 0.6) is 0 Å². The molecule has 7 heteroatoms. The van der Waals surface area contributed by atoms with Crippen molar-refractivity contribution < 1.29 is 14.4 Å². The van der Waals surface area contributed by atoms with Gasteiger partial charge < -0.3 is 14.4 Å². The molecule has 1 aliphatic carbocycles. The van der Waals surface area contributed by atoms with Crippen LogP contribution in [-0.4, -0.2) is 72.1 Å². The van der Waals surface area contributed by atoms with Crippen molar-refractivity contribution >= 4 is 5.71 Å². The Bertz CT molecular complexity index is 1120. The van der Waals surface area contributed by atoms with E-state index in [4.69, 9.17) is 9.15 Å². The van der Waals surface area contributed by atoms with Crippen LogP contribution in [0, 0.1) is 0 Å². The highest BCUT2D eigenvalue weighted by Gasteiger charge is 2.23. The Labute approximate surface area is 194 Å². The number of oxime groups is 1. The summed E-state index contributed by atoms with van der Waals surface area (Å²) in [6, 6.07) is 12.5. The number of benzene rings is 1. The van der Waals surface area contributed by atoms with Gasteiger partial charge in [-0.25, -0.2) is 0 Å². The van der Waals surface area contributed by atoms with Crippen LogP contribution in [-0.2, 0) is 17.7 Å². The molecular weight excluding hydrogens is 416 g/mol. The van der Waals surface area contributed by atoms with Gasteiger partial charge in [-0.05, 0) is 48.2 Å². The molecule has 0 unspecified atom stereocenters. The second kappa shape index (κ2) is 9.87. The summed E-state index contributed by atoms with van der Waals surface area (Å²) in [5.41, 5.74) is 6.22. The van der Waals surface area contributed by atoms with Gasteiger partial charge >= 0.3 is 0 Å².